The van der Waals surface area contributed by atoms with E-state index in [1.807, 2.05) is 36.4 Å². The lowest BCUT2D eigenvalue weighted by molar-refractivity contribution is -0.141. The molecule has 1 aromatic heterocycles. The fraction of sp³-hybridized carbons (Fsp3) is 0.208. The summed E-state index contributed by atoms with van der Waals surface area (Å²) in [5.74, 6) is -1.88. The Labute approximate surface area is 189 Å². The molecule has 0 saturated heterocycles. The number of nitrogens with one attached hydrogen (secondary N) is 2. The summed E-state index contributed by atoms with van der Waals surface area (Å²) in [6.45, 7) is 1.48. The molecule has 3 N–H and O–H groups in total. The van der Waals surface area contributed by atoms with E-state index in [2.05, 4.69) is 22.8 Å². The highest BCUT2D eigenvalue weighted by atomic mass is 32.1. The lowest BCUT2D eigenvalue weighted by Gasteiger charge is -2.20. The van der Waals surface area contributed by atoms with E-state index in [0.717, 1.165) is 22.3 Å². The molecular formula is C24H22N2O5S. The van der Waals surface area contributed by atoms with Crippen LogP contribution >= 0.6 is 11.3 Å². The molecule has 1 aliphatic carbocycles. The first-order chi connectivity index (χ1) is 15.5. The van der Waals surface area contributed by atoms with Crippen LogP contribution in [0, 0.1) is 0 Å². The lowest BCUT2D eigenvalue weighted by atomic mass is 9.98. The van der Waals surface area contributed by atoms with Gasteiger partial charge in [0.1, 0.15) is 18.7 Å². The predicted octanol–water partition coefficient (Wildman–Crippen LogP) is 3.92. The third-order valence-electron chi connectivity index (χ3n) is 5.42. The zero-order valence-electron chi connectivity index (χ0n) is 17.3. The number of carboxylic acid groups (broad SMARTS) is 1. The van der Waals surface area contributed by atoms with Crippen LogP contribution in [0.15, 0.2) is 66.0 Å². The Hall–Kier alpha value is -3.65. The van der Waals surface area contributed by atoms with E-state index in [9.17, 15) is 14.4 Å². The van der Waals surface area contributed by atoms with Crippen molar-refractivity contribution in [2.24, 2.45) is 0 Å². The van der Waals surface area contributed by atoms with E-state index < -0.39 is 30.1 Å². The number of carboxylic acids is 1. The van der Waals surface area contributed by atoms with Gasteiger partial charge in [0.2, 0.25) is 5.91 Å². The van der Waals surface area contributed by atoms with Crippen molar-refractivity contribution in [3.8, 4) is 11.1 Å². The number of thiophene rings is 1. The van der Waals surface area contributed by atoms with Crippen molar-refractivity contribution in [3.63, 3.8) is 0 Å². The zero-order valence-corrected chi connectivity index (χ0v) is 18.1. The summed E-state index contributed by atoms with van der Waals surface area (Å²) in [5, 5.41) is 15.8. The zero-order chi connectivity index (χ0) is 22.7. The molecule has 1 aliphatic rings. The van der Waals surface area contributed by atoms with Crippen molar-refractivity contribution in [3.05, 3.63) is 82.0 Å². The average Bonchev–Trinajstić information content (AvgIpc) is 3.42. The van der Waals surface area contributed by atoms with E-state index in [1.54, 1.807) is 17.5 Å². The molecular weight excluding hydrogens is 428 g/mol. The van der Waals surface area contributed by atoms with Gasteiger partial charge in [0.15, 0.2) is 0 Å². The van der Waals surface area contributed by atoms with Gasteiger partial charge in [-0.3, -0.25) is 9.59 Å². The first kappa shape index (κ1) is 21.6. The van der Waals surface area contributed by atoms with Crippen LogP contribution in [-0.4, -0.2) is 35.7 Å². The van der Waals surface area contributed by atoms with Crippen molar-refractivity contribution < 1.29 is 24.2 Å². The van der Waals surface area contributed by atoms with Gasteiger partial charge < -0.3 is 20.5 Å². The number of hydrogen-bond donors (Lipinski definition) is 3. The molecule has 2 atom stereocenters. The smallest absolute Gasteiger partial charge is 0.408 e. The van der Waals surface area contributed by atoms with Gasteiger partial charge in [0.05, 0.1) is 0 Å². The highest BCUT2D eigenvalue weighted by Crippen LogP contribution is 2.44. The number of ether oxygens (including phenoxy) is 1. The van der Waals surface area contributed by atoms with Crippen molar-refractivity contribution in [2.45, 2.75) is 24.9 Å². The highest BCUT2D eigenvalue weighted by molar-refractivity contribution is 7.10. The Bertz CT molecular complexity index is 1100. The maximum Gasteiger partial charge on any atom is 0.408 e. The van der Waals surface area contributed by atoms with Crippen LogP contribution in [0.3, 0.4) is 0 Å². The quantitative estimate of drug-likeness (QED) is 0.506. The molecule has 0 saturated carbocycles. The molecule has 2 amide bonds. The van der Waals surface area contributed by atoms with Crippen molar-refractivity contribution in [1.29, 1.82) is 0 Å². The number of carbonyl (C=O) groups is 3. The molecule has 7 nitrogen and oxygen atoms in total. The SMILES string of the molecule is CC(NC(=O)C(NC(=O)OCC1c2ccccc2-c2ccccc21)c1cccs1)C(=O)O. The van der Waals surface area contributed by atoms with Crippen LogP contribution in [-0.2, 0) is 14.3 Å². The molecule has 32 heavy (non-hydrogen) atoms. The first-order valence-electron chi connectivity index (χ1n) is 10.1. The normalized spacial score (nSPS) is 14.0. The van der Waals surface area contributed by atoms with Gasteiger partial charge in [-0.15, -0.1) is 11.3 Å². The van der Waals surface area contributed by atoms with Crippen LogP contribution in [0.1, 0.15) is 34.9 Å². The number of fused-ring (bicyclic) bond motifs is 3. The second-order valence-electron chi connectivity index (χ2n) is 7.49. The topological polar surface area (TPSA) is 105 Å². The maximum atomic E-state index is 12.6. The fourth-order valence-electron chi connectivity index (χ4n) is 3.84. The summed E-state index contributed by atoms with van der Waals surface area (Å²) in [6, 6.07) is 17.3. The summed E-state index contributed by atoms with van der Waals surface area (Å²) in [5.41, 5.74) is 4.42. The number of benzene rings is 2. The van der Waals surface area contributed by atoms with Gasteiger partial charge in [-0.05, 0) is 40.6 Å². The minimum atomic E-state index is -1.16. The molecule has 0 spiro atoms. The molecule has 8 heteroatoms. The second-order valence-corrected chi connectivity index (χ2v) is 8.47. The third-order valence-corrected chi connectivity index (χ3v) is 6.36. The van der Waals surface area contributed by atoms with Crippen molar-refractivity contribution in [2.75, 3.05) is 6.61 Å². The summed E-state index contributed by atoms with van der Waals surface area (Å²) < 4.78 is 5.53. The molecule has 2 unspecified atom stereocenters. The fourth-order valence-corrected chi connectivity index (χ4v) is 4.61. The first-order valence-corrected chi connectivity index (χ1v) is 11.0. The minimum Gasteiger partial charge on any atom is -0.480 e. The van der Waals surface area contributed by atoms with Gasteiger partial charge in [-0.25, -0.2) is 4.79 Å². The molecule has 4 rings (SSSR count). The molecule has 164 valence electrons. The number of rotatable bonds is 7. The van der Waals surface area contributed by atoms with Crippen LogP contribution in [0.4, 0.5) is 4.79 Å². The Balaban J connectivity index is 1.46. The number of amides is 2. The number of aliphatic carboxylic acids is 1. The Morgan fingerprint density at radius 2 is 1.59 bits per heavy atom. The van der Waals surface area contributed by atoms with Gasteiger partial charge in [0.25, 0.3) is 0 Å². The molecule has 0 aliphatic heterocycles. The maximum absolute atomic E-state index is 12.6. The summed E-state index contributed by atoms with van der Waals surface area (Å²) in [6.07, 6.45) is -0.747. The predicted molar refractivity (Wildman–Crippen MR) is 121 cm³/mol. The number of hydrogen-bond acceptors (Lipinski definition) is 5. The second kappa shape index (κ2) is 9.23. The Kier molecular flexibility index (Phi) is 6.23. The van der Waals surface area contributed by atoms with Gasteiger partial charge in [-0.2, -0.15) is 0 Å². The monoisotopic (exact) mass is 450 g/mol. The minimum absolute atomic E-state index is 0.103. The van der Waals surface area contributed by atoms with Crippen LogP contribution in [0.5, 0.6) is 0 Å². The molecule has 2 aromatic carbocycles. The summed E-state index contributed by atoms with van der Waals surface area (Å²) in [7, 11) is 0. The standard InChI is InChI=1S/C24H22N2O5S/c1-14(23(28)29)25-22(27)21(20-11-6-12-32-20)26-24(30)31-13-19-17-9-4-2-7-15(17)16-8-3-5-10-18(16)19/h2-12,14,19,21H,13H2,1H3,(H,25,27)(H,26,30)(H,28,29). The lowest BCUT2D eigenvalue weighted by Crippen LogP contribution is -2.46. The molecule has 1 heterocycles. The third kappa shape index (κ3) is 4.36. The Morgan fingerprint density at radius 1 is 0.969 bits per heavy atom. The van der Waals surface area contributed by atoms with Gasteiger partial charge in [-0.1, -0.05) is 54.6 Å². The van der Waals surface area contributed by atoms with Gasteiger partial charge >= 0.3 is 12.1 Å². The van der Waals surface area contributed by atoms with Crippen LogP contribution in [0.25, 0.3) is 11.1 Å². The van der Waals surface area contributed by atoms with Crippen molar-refractivity contribution >= 4 is 29.3 Å². The summed E-state index contributed by atoms with van der Waals surface area (Å²) >= 11 is 1.28. The van der Waals surface area contributed by atoms with Crippen LogP contribution in [0.2, 0.25) is 0 Å². The highest BCUT2D eigenvalue weighted by Gasteiger charge is 2.31. The Morgan fingerprint density at radius 3 is 2.16 bits per heavy atom. The average molecular weight is 451 g/mol. The molecule has 0 bridgehead atoms. The van der Waals surface area contributed by atoms with Gasteiger partial charge in [0, 0.05) is 10.8 Å². The van der Waals surface area contributed by atoms with E-state index in [0.29, 0.717) is 4.88 Å². The largest absolute Gasteiger partial charge is 0.480 e. The van der Waals surface area contributed by atoms with E-state index in [4.69, 9.17) is 9.84 Å². The molecule has 0 radical (unpaired) electrons. The molecule has 0 fully saturated rings. The van der Waals surface area contributed by atoms with Crippen molar-refractivity contribution in [1.82, 2.24) is 10.6 Å². The number of carbonyl (C=O) groups excluding carboxylic acids is 2. The van der Waals surface area contributed by atoms with E-state index in [-0.39, 0.29) is 12.5 Å². The molecule has 3 aromatic rings. The number of alkyl carbamates (subject to hydrolysis) is 1. The van der Waals surface area contributed by atoms with E-state index in [1.165, 1.54) is 18.3 Å². The van der Waals surface area contributed by atoms with Crippen LogP contribution < -0.4 is 10.6 Å². The summed E-state index contributed by atoms with van der Waals surface area (Å²) in [4.78, 5) is 36.9. The van der Waals surface area contributed by atoms with E-state index >= 15 is 0 Å².